The second kappa shape index (κ2) is 5.34. The van der Waals surface area contributed by atoms with Gasteiger partial charge in [-0.25, -0.2) is 0 Å². The summed E-state index contributed by atoms with van der Waals surface area (Å²) in [5.41, 5.74) is 4.22. The Morgan fingerprint density at radius 2 is 1.50 bits per heavy atom. The first-order valence-electron chi connectivity index (χ1n) is 9.52. The van der Waals surface area contributed by atoms with Crippen molar-refractivity contribution in [2.75, 3.05) is 13.2 Å². The van der Waals surface area contributed by atoms with Crippen molar-refractivity contribution >= 4 is 0 Å². The van der Waals surface area contributed by atoms with Gasteiger partial charge in [0.05, 0.1) is 13.2 Å². The summed E-state index contributed by atoms with van der Waals surface area (Å²) in [6, 6.07) is 0. The van der Waals surface area contributed by atoms with Crippen molar-refractivity contribution in [3.8, 4) is 0 Å². The third kappa shape index (κ3) is 2.57. The second-order valence-corrected chi connectivity index (χ2v) is 9.05. The molecule has 0 atom stereocenters. The summed E-state index contributed by atoms with van der Waals surface area (Å²) in [6.07, 6.45) is 14.0. The third-order valence-corrected chi connectivity index (χ3v) is 6.93. The predicted molar refractivity (Wildman–Crippen MR) is 88.7 cm³/mol. The molecule has 0 aromatic carbocycles. The Labute approximate surface area is 135 Å². The van der Waals surface area contributed by atoms with Gasteiger partial charge in [-0.15, -0.1) is 0 Å². The van der Waals surface area contributed by atoms with E-state index in [0.29, 0.717) is 5.41 Å². The average Bonchev–Trinajstić information content (AvgIpc) is 2.53. The van der Waals surface area contributed by atoms with Crippen LogP contribution in [0.2, 0.25) is 0 Å². The molecule has 2 spiro atoms. The van der Waals surface area contributed by atoms with Crippen LogP contribution in [0.25, 0.3) is 0 Å². The minimum atomic E-state index is -0.208. The molecule has 22 heavy (non-hydrogen) atoms. The van der Waals surface area contributed by atoms with E-state index in [4.69, 9.17) is 9.47 Å². The number of hydrogen-bond acceptors (Lipinski definition) is 2. The van der Waals surface area contributed by atoms with Gasteiger partial charge in [-0.2, -0.15) is 0 Å². The maximum Gasteiger partial charge on any atom is 0.168 e. The van der Waals surface area contributed by atoms with Gasteiger partial charge >= 0.3 is 0 Å². The fourth-order valence-corrected chi connectivity index (χ4v) is 5.32. The summed E-state index contributed by atoms with van der Waals surface area (Å²) in [5, 5.41) is 0. The highest BCUT2D eigenvalue weighted by atomic mass is 16.7. The highest BCUT2D eigenvalue weighted by Crippen LogP contribution is 2.54. The van der Waals surface area contributed by atoms with Crippen LogP contribution in [0, 0.1) is 10.8 Å². The molecular weight excluding hydrogens is 272 g/mol. The lowest BCUT2D eigenvalue weighted by Crippen LogP contribution is -2.52. The van der Waals surface area contributed by atoms with E-state index in [1.54, 1.807) is 11.1 Å². The Balaban J connectivity index is 1.49. The quantitative estimate of drug-likeness (QED) is 0.560. The molecule has 0 amide bonds. The van der Waals surface area contributed by atoms with Crippen LogP contribution < -0.4 is 0 Å². The summed E-state index contributed by atoms with van der Waals surface area (Å²) in [5.74, 6) is -0.208. The molecule has 2 heteroatoms. The van der Waals surface area contributed by atoms with E-state index in [-0.39, 0.29) is 11.2 Å². The molecule has 0 aromatic heterocycles. The molecule has 0 aromatic rings. The van der Waals surface area contributed by atoms with Crippen LogP contribution >= 0.6 is 0 Å². The molecule has 2 fully saturated rings. The molecule has 1 aliphatic heterocycles. The average molecular weight is 304 g/mol. The van der Waals surface area contributed by atoms with Crippen molar-refractivity contribution in [3.05, 3.63) is 11.1 Å². The van der Waals surface area contributed by atoms with Gasteiger partial charge in [0, 0.05) is 18.3 Å². The fraction of sp³-hybridized carbons (Fsp3) is 0.900. The molecule has 1 saturated carbocycles. The van der Waals surface area contributed by atoms with Crippen molar-refractivity contribution in [2.45, 2.75) is 90.3 Å². The Morgan fingerprint density at radius 3 is 2.23 bits per heavy atom. The molecule has 124 valence electrons. The lowest BCUT2D eigenvalue weighted by molar-refractivity contribution is -0.316. The van der Waals surface area contributed by atoms with Crippen LogP contribution in [0.1, 0.15) is 84.5 Å². The topological polar surface area (TPSA) is 18.5 Å². The van der Waals surface area contributed by atoms with Gasteiger partial charge in [-0.1, -0.05) is 31.4 Å². The summed E-state index contributed by atoms with van der Waals surface area (Å²) >= 11 is 0. The van der Waals surface area contributed by atoms with Crippen LogP contribution in [0.3, 0.4) is 0 Å². The summed E-state index contributed by atoms with van der Waals surface area (Å²) in [4.78, 5) is 0. The van der Waals surface area contributed by atoms with Crippen molar-refractivity contribution in [3.63, 3.8) is 0 Å². The zero-order valence-corrected chi connectivity index (χ0v) is 14.5. The molecule has 4 aliphatic rings. The molecule has 3 aliphatic carbocycles. The summed E-state index contributed by atoms with van der Waals surface area (Å²) in [6.45, 7) is 6.76. The zero-order valence-electron chi connectivity index (χ0n) is 14.5. The van der Waals surface area contributed by atoms with E-state index >= 15 is 0 Å². The van der Waals surface area contributed by atoms with E-state index in [1.165, 1.54) is 57.8 Å². The Bertz CT molecular complexity index is 458. The number of hydrogen-bond donors (Lipinski definition) is 0. The van der Waals surface area contributed by atoms with Crippen molar-refractivity contribution in [2.24, 2.45) is 10.8 Å². The van der Waals surface area contributed by atoms with Gasteiger partial charge in [0.2, 0.25) is 0 Å². The molecule has 1 saturated heterocycles. The van der Waals surface area contributed by atoms with E-state index in [2.05, 4.69) is 13.8 Å². The highest BCUT2D eigenvalue weighted by Gasteiger charge is 2.48. The van der Waals surface area contributed by atoms with Crippen molar-refractivity contribution in [1.29, 1.82) is 0 Å². The molecular formula is C20H32O2. The second-order valence-electron chi connectivity index (χ2n) is 9.05. The van der Waals surface area contributed by atoms with Gasteiger partial charge in [0.15, 0.2) is 5.79 Å². The van der Waals surface area contributed by atoms with Crippen LogP contribution in [0.4, 0.5) is 0 Å². The molecule has 2 nitrogen and oxygen atoms in total. The minimum Gasteiger partial charge on any atom is -0.349 e. The molecule has 1 heterocycles. The lowest BCUT2D eigenvalue weighted by atomic mass is 9.61. The predicted octanol–water partition coefficient (Wildman–Crippen LogP) is 5.37. The maximum atomic E-state index is 6.40. The van der Waals surface area contributed by atoms with Crippen molar-refractivity contribution in [1.82, 2.24) is 0 Å². The molecule has 0 N–H and O–H groups in total. The lowest BCUT2D eigenvalue weighted by Gasteiger charge is -2.52. The smallest absolute Gasteiger partial charge is 0.168 e. The number of rotatable bonds is 0. The summed E-state index contributed by atoms with van der Waals surface area (Å²) < 4.78 is 12.8. The highest BCUT2D eigenvalue weighted by molar-refractivity contribution is 5.28. The maximum absolute atomic E-state index is 6.40. The SMILES string of the molecule is CC1(C)CCCC2=C1CC1(CC2)COC2(CCCCC2)OC1. The minimum absolute atomic E-state index is 0.208. The monoisotopic (exact) mass is 304 g/mol. The van der Waals surface area contributed by atoms with Crippen molar-refractivity contribution < 1.29 is 9.47 Å². The normalized spacial score (nSPS) is 33.0. The van der Waals surface area contributed by atoms with Crippen LogP contribution in [-0.2, 0) is 9.47 Å². The number of allylic oxidation sites excluding steroid dienone is 2. The first-order valence-corrected chi connectivity index (χ1v) is 9.52. The summed E-state index contributed by atoms with van der Waals surface area (Å²) in [7, 11) is 0. The van der Waals surface area contributed by atoms with Crippen LogP contribution in [-0.4, -0.2) is 19.0 Å². The Morgan fingerprint density at radius 1 is 0.773 bits per heavy atom. The first kappa shape index (κ1) is 15.2. The van der Waals surface area contributed by atoms with Gasteiger partial charge in [-0.05, 0) is 56.8 Å². The fourth-order valence-electron chi connectivity index (χ4n) is 5.32. The van der Waals surface area contributed by atoms with Gasteiger partial charge < -0.3 is 9.47 Å². The van der Waals surface area contributed by atoms with E-state index < -0.39 is 0 Å². The molecule has 4 rings (SSSR count). The Hall–Kier alpha value is -0.340. The third-order valence-electron chi connectivity index (χ3n) is 6.93. The molecule has 0 unspecified atom stereocenters. The van der Waals surface area contributed by atoms with E-state index in [1.807, 2.05) is 0 Å². The molecule has 0 radical (unpaired) electrons. The van der Waals surface area contributed by atoms with Gasteiger partial charge in [-0.3, -0.25) is 0 Å². The Kier molecular flexibility index (Phi) is 3.69. The largest absolute Gasteiger partial charge is 0.349 e. The van der Waals surface area contributed by atoms with Crippen LogP contribution in [0.5, 0.6) is 0 Å². The standard InChI is InChI=1S/C20H32O2/c1-18(2)9-6-7-16-8-12-19(13-17(16)18)14-21-20(22-15-19)10-4-3-5-11-20/h3-15H2,1-2H3. The van der Waals surface area contributed by atoms with Crippen LogP contribution in [0.15, 0.2) is 11.1 Å². The van der Waals surface area contributed by atoms with Gasteiger partial charge in [0.1, 0.15) is 0 Å². The number of ether oxygens (including phenoxy) is 2. The molecule has 0 bridgehead atoms. The first-order chi connectivity index (χ1) is 10.5. The van der Waals surface area contributed by atoms with E-state index in [0.717, 1.165) is 26.1 Å². The van der Waals surface area contributed by atoms with Gasteiger partial charge in [0.25, 0.3) is 0 Å². The van der Waals surface area contributed by atoms with E-state index in [9.17, 15) is 0 Å². The zero-order chi connectivity index (χ0) is 15.3.